The van der Waals surface area contributed by atoms with Gasteiger partial charge in [0.25, 0.3) is 0 Å². The lowest BCUT2D eigenvalue weighted by Gasteiger charge is -2.28. The van der Waals surface area contributed by atoms with Crippen molar-refractivity contribution < 1.29 is 24.7 Å². The van der Waals surface area contributed by atoms with Crippen LogP contribution in [0.2, 0.25) is 6.32 Å². The van der Waals surface area contributed by atoms with Crippen LogP contribution in [0.3, 0.4) is 0 Å². The lowest BCUT2D eigenvalue weighted by Crippen LogP contribution is -2.44. The van der Waals surface area contributed by atoms with Crippen LogP contribution in [0.1, 0.15) is 39.0 Å². The molecule has 0 radical (unpaired) electrons. The van der Waals surface area contributed by atoms with Gasteiger partial charge in [0, 0.05) is 6.54 Å². The molecule has 1 aliphatic carbocycles. The summed E-state index contributed by atoms with van der Waals surface area (Å²) in [5, 5.41) is 27.8. The maximum absolute atomic E-state index is 11.8. The van der Waals surface area contributed by atoms with E-state index >= 15 is 0 Å². The van der Waals surface area contributed by atoms with E-state index in [0.29, 0.717) is 25.7 Å². The van der Waals surface area contributed by atoms with E-state index in [1.807, 2.05) is 6.26 Å². The van der Waals surface area contributed by atoms with E-state index < -0.39 is 19.1 Å². The van der Waals surface area contributed by atoms with Crippen LogP contribution in [-0.2, 0) is 9.59 Å². The van der Waals surface area contributed by atoms with Gasteiger partial charge in [-0.3, -0.25) is 9.59 Å². The summed E-state index contributed by atoms with van der Waals surface area (Å²) < 4.78 is 0. The van der Waals surface area contributed by atoms with E-state index in [1.165, 1.54) is 0 Å². The molecule has 0 aliphatic heterocycles. The van der Waals surface area contributed by atoms with Crippen LogP contribution < -0.4 is 11.1 Å². The van der Waals surface area contributed by atoms with E-state index in [2.05, 4.69) is 5.32 Å². The molecule has 1 aliphatic rings. The number of hydrogen-bond donors (Lipinski definition) is 5. The first-order valence-corrected chi connectivity index (χ1v) is 9.83. The van der Waals surface area contributed by atoms with Crippen LogP contribution in [0.5, 0.6) is 0 Å². The lowest BCUT2D eigenvalue weighted by atomic mass is 9.79. The van der Waals surface area contributed by atoms with Crippen molar-refractivity contribution in [1.29, 1.82) is 0 Å². The maximum Gasteiger partial charge on any atom is 0.451 e. The van der Waals surface area contributed by atoms with E-state index in [4.69, 9.17) is 20.9 Å². The molecule has 0 spiro atoms. The standard InChI is InChI=1S/C13H24N2O3S.C2H7BO2/c1-19-7-6-11(14)12(16)15-8-9-4-2-3-5-10(9)13(17)18;1-2-3(4)5/h9-11H,2-8,14H2,1H3,(H,15,16)(H,17,18);4-5H,2H2,1H3. The third-order valence-electron chi connectivity index (χ3n) is 4.10. The van der Waals surface area contributed by atoms with Crippen LogP contribution in [-0.4, -0.2) is 58.7 Å². The summed E-state index contributed by atoms with van der Waals surface area (Å²) in [6, 6.07) is -0.487. The minimum absolute atomic E-state index is 0.0444. The topological polar surface area (TPSA) is 133 Å². The fourth-order valence-electron chi connectivity index (χ4n) is 2.52. The monoisotopic (exact) mass is 362 g/mol. The molecule has 24 heavy (non-hydrogen) atoms. The number of carbonyl (C=O) groups is 2. The summed E-state index contributed by atoms with van der Waals surface area (Å²) in [5.41, 5.74) is 5.77. The van der Waals surface area contributed by atoms with Crippen molar-refractivity contribution in [1.82, 2.24) is 5.32 Å². The van der Waals surface area contributed by atoms with Gasteiger partial charge in [-0.05, 0) is 43.5 Å². The fourth-order valence-corrected chi connectivity index (χ4v) is 3.01. The molecular formula is C15H31BN2O5S. The Bertz CT molecular complexity index is 374. The molecule has 6 N–H and O–H groups in total. The molecule has 3 atom stereocenters. The number of hydrogen-bond acceptors (Lipinski definition) is 6. The number of aliphatic carboxylic acids is 1. The largest absolute Gasteiger partial charge is 0.481 e. The molecule has 1 rings (SSSR count). The molecule has 0 heterocycles. The third-order valence-corrected chi connectivity index (χ3v) is 4.74. The van der Waals surface area contributed by atoms with Gasteiger partial charge in [-0.1, -0.05) is 19.8 Å². The van der Waals surface area contributed by atoms with E-state index in [-0.39, 0.29) is 17.7 Å². The number of carboxylic acid groups (broad SMARTS) is 1. The van der Waals surface area contributed by atoms with Gasteiger partial charge < -0.3 is 26.2 Å². The van der Waals surface area contributed by atoms with Crippen molar-refractivity contribution in [2.75, 3.05) is 18.6 Å². The highest BCUT2D eigenvalue weighted by molar-refractivity contribution is 7.98. The summed E-state index contributed by atoms with van der Waals surface area (Å²) in [6.07, 6.45) is 6.65. The van der Waals surface area contributed by atoms with Crippen molar-refractivity contribution in [3.8, 4) is 0 Å². The molecule has 3 unspecified atom stereocenters. The molecule has 0 aromatic carbocycles. The number of amides is 1. The lowest BCUT2D eigenvalue weighted by molar-refractivity contribution is -0.145. The number of thioether (sulfide) groups is 1. The normalized spacial score (nSPS) is 21.2. The van der Waals surface area contributed by atoms with Crippen molar-refractivity contribution in [2.24, 2.45) is 17.6 Å². The second-order valence-corrected chi connectivity index (χ2v) is 7.00. The predicted octanol–water partition coefficient (Wildman–Crippen LogP) is 0.553. The zero-order chi connectivity index (χ0) is 18.5. The van der Waals surface area contributed by atoms with Crippen LogP contribution >= 0.6 is 11.8 Å². The van der Waals surface area contributed by atoms with Crippen LogP contribution in [0.15, 0.2) is 0 Å². The van der Waals surface area contributed by atoms with Gasteiger partial charge in [-0.2, -0.15) is 11.8 Å². The van der Waals surface area contributed by atoms with Gasteiger partial charge in [0.2, 0.25) is 5.91 Å². The van der Waals surface area contributed by atoms with Crippen molar-refractivity contribution in [2.45, 2.75) is 51.4 Å². The first kappa shape index (κ1) is 23.2. The molecule has 0 aromatic rings. The number of carboxylic acids is 1. The van der Waals surface area contributed by atoms with Gasteiger partial charge in [0.15, 0.2) is 0 Å². The molecule has 0 bridgehead atoms. The Morgan fingerprint density at radius 3 is 2.42 bits per heavy atom. The Labute approximate surface area is 148 Å². The third kappa shape index (κ3) is 10.2. The minimum Gasteiger partial charge on any atom is -0.481 e. The molecule has 0 aromatic heterocycles. The average Bonchev–Trinajstić information content (AvgIpc) is 2.57. The van der Waals surface area contributed by atoms with E-state index in [0.717, 1.165) is 25.0 Å². The Balaban J connectivity index is 0.000000922. The van der Waals surface area contributed by atoms with Gasteiger partial charge in [-0.25, -0.2) is 0 Å². The summed E-state index contributed by atoms with van der Waals surface area (Å²) in [7, 11) is -1.12. The van der Waals surface area contributed by atoms with Gasteiger partial charge >= 0.3 is 13.1 Å². The van der Waals surface area contributed by atoms with Gasteiger partial charge in [0.05, 0.1) is 12.0 Å². The number of nitrogens with two attached hydrogens (primary N) is 1. The van der Waals surface area contributed by atoms with Gasteiger partial charge in [-0.15, -0.1) is 0 Å². The van der Waals surface area contributed by atoms with Crippen LogP contribution in [0.4, 0.5) is 0 Å². The van der Waals surface area contributed by atoms with Crippen LogP contribution in [0, 0.1) is 11.8 Å². The summed E-state index contributed by atoms with van der Waals surface area (Å²) in [5.74, 6) is -0.329. The summed E-state index contributed by atoms with van der Waals surface area (Å²) >= 11 is 1.66. The van der Waals surface area contributed by atoms with Gasteiger partial charge in [0.1, 0.15) is 0 Å². The second-order valence-electron chi connectivity index (χ2n) is 6.01. The Morgan fingerprint density at radius 2 is 1.92 bits per heavy atom. The molecule has 140 valence electrons. The number of nitrogens with one attached hydrogen (secondary N) is 1. The fraction of sp³-hybridized carbons (Fsp3) is 0.867. The number of carbonyl (C=O) groups excluding carboxylic acids is 1. The molecule has 1 amide bonds. The van der Waals surface area contributed by atoms with E-state index in [1.54, 1.807) is 18.7 Å². The first-order valence-electron chi connectivity index (χ1n) is 8.44. The average molecular weight is 362 g/mol. The minimum atomic E-state index is -1.12. The molecule has 7 nitrogen and oxygen atoms in total. The highest BCUT2D eigenvalue weighted by Gasteiger charge is 2.31. The number of rotatable bonds is 8. The highest BCUT2D eigenvalue weighted by Crippen LogP contribution is 2.29. The molecule has 9 heteroatoms. The smallest absolute Gasteiger partial charge is 0.451 e. The predicted molar refractivity (Wildman–Crippen MR) is 97.7 cm³/mol. The van der Waals surface area contributed by atoms with Crippen LogP contribution in [0.25, 0.3) is 0 Å². The van der Waals surface area contributed by atoms with Crippen molar-refractivity contribution in [3.63, 3.8) is 0 Å². The molecule has 1 fully saturated rings. The Kier molecular flexibility index (Phi) is 13.1. The zero-order valence-corrected chi connectivity index (χ0v) is 15.4. The highest BCUT2D eigenvalue weighted by atomic mass is 32.2. The summed E-state index contributed by atoms with van der Waals surface area (Å²) in [6.45, 7) is 2.13. The second kappa shape index (κ2) is 13.5. The Morgan fingerprint density at radius 1 is 1.33 bits per heavy atom. The molecule has 0 saturated heterocycles. The molecule has 1 saturated carbocycles. The quantitative estimate of drug-likeness (QED) is 0.398. The van der Waals surface area contributed by atoms with Crippen molar-refractivity contribution in [3.05, 3.63) is 0 Å². The summed E-state index contributed by atoms with van der Waals surface area (Å²) in [4.78, 5) is 22.9. The van der Waals surface area contributed by atoms with Crippen molar-refractivity contribution >= 4 is 30.8 Å². The SMILES string of the molecule is CCB(O)O.CSCCC(N)C(=O)NCC1CCCCC1C(=O)O. The zero-order valence-electron chi connectivity index (χ0n) is 14.6. The molecular weight excluding hydrogens is 331 g/mol. The maximum atomic E-state index is 11.8. The first-order chi connectivity index (χ1) is 11.3. The Hall–Kier alpha value is -0.765. The van der Waals surface area contributed by atoms with E-state index in [9.17, 15) is 9.59 Å².